The van der Waals surface area contributed by atoms with Gasteiger partial charge in [0.25, 0.3) is 0 Å². The van der Waals surface area contributed by atoms with Gasteiger partial charge in [-0.3, -0.25) is 5.32 Å². The fourth-order valence-electron chi connectivity index (χ4n) is 2.35. The van der Waals surface area contributed by atoms with Gasteiger partial charge in [-0.2, -0.15) is 0 Å². The van der Waals surface area contributed by atoms with Gasteiger partial charge in [0, 0.05) is 6.42 Å². The fraction of sp³-hybridized carbons (Fsp3) is 1.00. The van der Waals surface area contributed by atoms with E-state index < -0.39 is 0 Å². The van der Waals surface area contributed by atoms with Crippen molar-refractivity contribution in [3.05, 3.63) is 0 Å². The molecule has 3 heteroatoms. The predicted molar refractivity (Wildman–Crippen MR) is 39.0 cm³/mol. The molecule has 1 aliphatic carbocycles. The van der Waals surface area contributed by atoms with Crippen molar-refractivity contribution in [1.82, 2.24) is 5.32 Å². The van der Waals surface area contributed by atoms with E-state index in [0.29, 0.717) is 6.73 Å². The molecule has 0 radical (unpaired) electrons. The quantitative estimate of drug-likeness (QED) is 0.555. The Labute approximate surface area is 66.1 Å². The van der Waals surface area contributed by atoms with Crippen molar-refractivity contribution < 1.29 is 9.47 Å². The molecule has 0 amide bonds. The van der Waals surface area contributed by atoms with E-state index in [9.17, 15) is 0 Å². The molecule has 1 saturated carbocycles. The Balaban J connectivity index is 1.94. The van der Waals surface area contributed by atoms with Crippen LogP contribution in [-0.2, 0) is 9.47 Å². The van der Waals surface area contributed by atoms with Crippen molar-refractivity contribution in [1.29, 1.82) is 0 Å². The second kappa shape index (κ2) is 1.79. The molecule has 2 heterocycles. The molecule has 0 aromatic rings. The highest BCUT2D eigenvalue weighted by Gasteiger charge is 2.65. The highest BCUT2D eigenvalue weighted by atomic mass is 16.7. The molecule has 11 heavy (non-hydrogen) atoms. The fourth-order valence-corrected chi connectivity index (χ4v) is 2.35. The highest BCUT2D eigenvalue weighted by molar-refractivity contribution is 5.16. The minimum Gasteiger partial charge on any atom is -0.348 e. The summed E-state index contributed by atoms with van der Waals surface area (Å²) in [5.41, 5.74) is 0.226. The lowest BCUT2D eigenvalue weighted by atomic mass is 10.0. The number of fused-ring (bicyclic) bond motifs is 1. The van der Waals surface area contributed by atoms with Crippen LogP contribution in [0.2, 0.25) is 0 Å². The molecule has 2 aliphatic heterocycles. The molecule has 0 bridgehead atoms. The van der Waals surface area contributed by atoms with Crippen LogP contribution in [0.1, 0.15) is 25.7 Å². The van der Waals surface area contributed by atoms with Crippen LogP contribution in [0.25, 0.3) is 0 Å². The average molecular weight is 155 g/mol. The Kier molecular flexibility index (Phi) is 1.04. The summed E-state index contributed by atoms with van der Waals surface area (Å²) in [6, 6.07) is 0. The molecule has 3 fully saturated rings. The molecule has 2 spiro atoms. The average Bonchev–Trinajstić information content (AvgIpc) is 2.55. The zero-order valence-corrected chi connectivity index (χ0v) is 6.56. The van der Waals surface area contributed by atoms with Crippen LogP contribution in [0.4, 0.5) is 0 Å². The van der Waals surface area contributed by atoms with Crippen LogP contribution in [0, 0.1) is 0 Å². The smallest absolute Gasteiger partial charge is 0.188 e. The largest absolute Gasteiger partial charge is 0.348 e. The Bertz CT molecular complexity index is 177. The topological polar surface area (TPSA) is 30.5 Å². The lowest BCUT2D eigenvalue weighted by Gasteiger charge is -2.27. The maximum Gasteiger partial charge on any atom is 0.188 e. The minimum absolute atomic E-state index is 0.215. The van der Waals surface area contributed by atoms with Gasteiger partial charge in [0.15, 0.2) is 5.79 Å². The van der Waals surface area contributed by atoms with Gasteiger partial charge >= 0.3 is 0 Å². The van der Waals surface area contributed by atoms with E-state index in [2.05, 4.69) is 5.32 Å². The number of hydrogen-bond acceptors (Lipinski definition) is 3. The molecule has 3 nitrogen and oxygen atoms in total. The summed E-state index contributed by atoms with van der Waals surface area (Å²) in [5, 5.41) is 3.39. The van der Waals surface area contributed by atoms with Crippen LogP contribution in [0.5, 0.6) is 0 Å². The molecule has 1 atom stereocenters. The molecule has 3 aliphatic rings. The van der Waals surface area contributed by atoms with Crippen LogP contribution in [0.3, 0.4) is 0 Å². The summed E-state index contributed by atoms with van der Waals surface area (Å²) in [4.78, 5) is 0. The van der Waals surface area contributed by atoms with Crippen LogP contribution in [0.15, 0.2) is 0 Å². The van der Waals surface area contributed by atoms with Gasteiger partial charge < -0.3 is 9.47 Å². The summed E-state index contributed by atoms with van der Waals surface area (Å²) in [7, 11) is 0. The van der Waals surface area contributed by atoms with E-state index in [1.165, 1.54) is 12.8 Å². The first-order valence-corrected chi connectivity index (χ1v) is 4.40. The van der Waals surface area contributed by atoms with Crippen LogP contribution < -0.4 is 5.32 Å². The first kappa shape index (κ1) is 6.40. The van der Waals surface area contributed by atoms with E-state index in [-0.39, 0.29) is 11.3 Å². The first-order valence-electron chi connectivity index (χ1n) is 4.40. The third kappa shape index (κ3) is 0.643. The Morgan fingerprint density at radius 1 is 1.09 bits per heavy atom. The Morgan fingerprint density at radius 3 is 2.64 bits per heavy atom. The van der Waals surface area contributed by atoms with Crippen molar-refractivity contribution in [2.75, 3.05) is 13.3 Å². The molecule has 1 unspecified atom stereocenters. The van der Waals surface area contributed by atoms with E-state index in [1.54, 1.807) is 0 Å². The lowest BCUT2D eigenvalue weighted by molar-refractivity contribution is -0.192. The van der Waals surface area contributed by atoms with Crippen LogP contribution >= 0.6 is 0 Å². The van der Waals surface area contributed by atoms with Crippen molar-refractivity contribution in [3.63, 3.8) is 0 Å². The summed E-state index contributed by atoms with van der Waals surface area (Å²) in [6.07, 6.45) is 4.70. The maximum atomic E-state index is 5.69. The van der Waals surface area contributed by atoms with Gasteiger partial charge in [-0.1, -0.05) is 0 Å². The first-order chi connectivity index (χ1) is 5.37. The summed E-state index contributed by atoms with van der Waals surface area (Å²) < 4.78 is 11.3. The van der Waals surface area contributed by atoms with Crippen molar-refractivity contribution in [2.24, 2.45) is 0 Å². The second-order valence-electron chi connectivity index (χ2n) is 3.75. The molecule has 1 N–H and O–H groups in total. The summed E-state index contributed by atoms with van der Waals surface area (Å²) in [6.45, 7) is 1.56. The highest BCUT2D eigenvalue weighted by Crippen LogP contribution is 2.54. The van der Waals surface area contributed by atoms with Crippen molar-refractivity contribution >= 4 is 0 Å². The number of nitrogens with one attached hydrogen (secondary N) is 1. The van der Waals surface area contributed by atoms with Gasteiger partial charge in [-0.15, -0.1) is 0 Å². The molecule has 2 saturated heterocycles. The molecular weight excluding hydrogens is 142 g/mol. The van der Waals surface area contributed by atoms with Gasteiger partial charge in [-0.25, -0.2) is 0 Å². The maximum absolute atomic E-state index is 5.69. The second-order valence-corrected chi connectivity index (χ2v) is 3.75. The standard InChI is InChI=1S/C8H13NO2/c1-2-8(10-5-1)7(3-4-7)9-6-11-8/h9H,1-6H2. The summed E-state index contributed by atoms with van der Waals surface area (Å²) >= 11 is 0. The number of ether oxygens (including phenoxy) is 2. The number of rotatable bonds is 0. The minimum atomic E-state index is -0.215. The van der Waals surface area contributed by atoms with Gasteiger partial charge in [0.05, 0.1) is 12.1 Å². The van der Waals surface area contributed by atoms with E-state index in [1.807, 2.05) is 0 Å². The van der Waals surface area contributed by atoms with Gasteiger partial charge in [0.1, 0.15) is 6.73 Å². The molecule has 3 rings (SSSR count). The zero-order chi connectivity index (χ0) is 7.36. The van der Waals surface area contributed by atoms with Gasteiger partial charge in [0.2, 0.25) is 0 Å². The monoisotopic (exact) mass is 155 g/mol. The van der Waals surface area contributed by atoms with Crippen molar-refractivity contribution in [2.45, 2.75) is 37.0 Å². The van der Waals surface area contributed by atoms with E-state index in [0.717, 1.165) is 19.4 Å². The third-order valence-corrected chi connectivity index (χ3v) is 3.18. The SMILES string of the molecule is C1COC2(C1)OCNC21CC1. The Morgan fingerprint density at radius 2 is 2.00 bits per heavy atom. The molecule has 0 aromatic carbocycles. The normalized spacial score (nSPS) is 45.8. The molecule has 0 aromatic heterocycles. The lowest BCUT2D eigenvalue weighted by Crippen LogP contribution is -2.45. The Hall–Kier alpha value is -0.120. The van der Waals surface area contributed by atoms with Crippen LogP contribution in [-0.4, -0.2) is 24.7 Å². The molecular formula is C8H13NO2. The van der Waals surface area contributed by atoms with Crippen molar-refractivity contribution in [3.8, 4) is 0 Å². The predicted octanol–water partition coefficient (Wildman–Crippen LogP) is 0.603. The third-order valence-electron chi connectivity index (χ3n) is 3.18. The van der Waals surface area contributed by atoms with Gasteiger partial charge in [-0.05, 0) is 19.3 Å². The van der Waals surface area contributed by atoms with E-state index in [4.69, 9.17) is 9.47 Å². The summed E-state index contributed by atoms with van der Waals surface area (Å²) in [5.74, 6) is -0.215. The zero-order valence-electron chi connectivity index (χ0n) is 6.56. The number of hydrogen-bond donors (Lipinski definition) is 1. The molecule has 62 valence electrons. The van der Waals surface area contributed by atoms with E-state index >= 15 is 0 Å².